The zero-order chi connectivity index (χ0) is 22.3. The normalized spacial score (nSPS) is 10.9. The summed E-state index contributed by atoms with van der Waals surface area (Å²) in [5.74, 6) is 1.73. The molecule has 0 unspecified atom stereocenters. The van der Waals surface area contributed by atoms with Crippen LogP contribution in [0.5, 0.6) is 0 Å². The quantitative estimate of drug-likeness (QED) is 0.351. The van der Waals surface area contributed by atoms with E-state index in [0.29, 0.717) is 23.3 Å². The number of thioether (sulfide) groups is 1. The van der Waals surface area contributed by atoms with Gasteiger partial charge in [0.05, 0.1) is 24.1 Å². The maximum absolute atomic E-state index is 12.4. The number of nitrogens with zero attached hydrogens (tertiary/aromatic N) is 3. The monoisotopic (exact) mass is 466 g/mol. The summed E-state index contributed by atoms with van der Waals surface area (Å²) in [6, 6.07) is 19.6. The van der Waals surface area contributed by atoms with Gasteiger partial charge >= 0.3 is 0 Å². The second-order valence-electron chi connectivity index (χ2n) is 7.28. The first-order valence-corrected chi connectivity index (χ1v) is 11.6. The van der Waals surface area contributed by atoms with E-state index in [1.165, 1.54) is 11.8 Å². The minimum Gasteiger partial charge on any atom is -0.469 e. The van der Waals surface area contributed by atoms with E-state index in [-0.39, 0.29) is 11.7 Å². The van der Waals surface area contributed by atoms with Crippen molar-refractivity contribution in [3.8, 4) is 11.4 Å². The third kappa shape index (κ3) is 5.60. The van der Waals surface area contributed by atoms with E-state index in [1.807, 2.05) is 60.0 Å². The Labute approximate surface area is 196 Å². The van der Waals surface area contributed by atoms with Crippen LogP contribution in [0.1, 0.15) is 16.9 Å². The molecule has 0 fully saturated rings. The number of carbonyl (C=O) groups excluding carboxylic acids is 1. The number of carbonyl (C=O) groups is 1. The Morgan fingerprint density at radius 3 is 2.56 bits per heavy atom. The standard InChI is InChI=1S/C24H23ClN4O2S/c1-17-21(12-14-31-17)23-27-28-24(29(23)15-19-5-3-2-4-6-19)32-16-22(30)26-13-11-18-7-9-20(25)10-8-18/h2-10,12,14H,11,13,15-16H2,1H3,(H,26,30). The Morgan fingerprint density at radius 2 is 1.84 bits per heavy atom. The molecular weight excluding hydrogens is 444 g/mol. The van der Waals surface area contributed by atoms with Crippen LogP contribution in [0.4, 0.5) is 0 Å². The average Bonchev–Trinajstić information content (AvgIpc) is 3.40. The van der Waals surface area contributed by atoms with E-state index >= 15 is 0 Å². The summed E-state index contributed by atoms with van der Waals surface area (Å²) >= 11 is 7.29. The Hall–Kier alpha value is -3.03. The molecule has 2 aromatic carbocycles. The number of benzene rings is 2. The molecule has 0 atom stereocenters. The van der Waals surface area contributed by atoms with Crippen molar-refractivity contribution in [1.82, 2.24) is 20.1 Å². The lowest BCUT2D eigenvalue weighted by atomic mass is 10.1. The van der Waals surface area contributed by atoms with Crippen LogP contribution in [0, 0.1) is 6.92 Å². The zero-order valence-electron chi connectivity index (χ0n) is 17.6. The molecule has 0 bridgehead atoms. The molecular formula is C24H23ClN4O2S. The van der Waals surface area contributed by atoms with Crippen molar-refractivity contribution in [2.45, 2.75) is 25.0 Å². The molecule has 4 aromatic rings. The smallest absolute Gasteiger partial charge is 0.230 e. The minimum atomic E-state index is -0.0423. The van der Waals surface area contributed by atoms with Gasteiger partial charge in [-0.3, -0.25) is 9.36 Å². The van der Waals surface area contributed by atoms with Gasteiger partial charge in [0.1, 0.15) is 5.76 Å². The lowest BCUT2D eigenvalue weighted by Gasteiger charge is -2.10. The summed E-state index contributed by atoms with van der Waals surface area (Å²) in [4.78, 5) is 12.4. The number of rotatable bonds is 9. The van der Waals surface area contributed by atoms with Crippen LogP contribution < -0.4 is 5.32 Å². The molecule has 8 heteroatoms. The molecule has 6 nitrogen and oxygen atoms in total. The van der Waals surface area contributed by atoms with Gasteiger partial charge in [-0.15, -0.1) is 10.2 Å². The second-order valence-corrected chi connectivity index (χ2v) is 8.66. The molecule has 0 saturated heterocycles. The van der Waals surface area contributed by atoms with Crippen LogP contribution in [-0.4, -0.2) is 33.0 Å². The van der Waals surface area contributed by atoms with Gasteiger partial charge in [-0.2, -0.15) is 0 Å². The summed E-state index contributed by atoms with van der Waals surface area (Å²) in [5.41, 5.74) is 3.15. The lowest BCUT2D eigenvalue weighted by Crippen LogP contribution is -2.27. The minimum absolute atomic E-state index is 0.0423. The fraction of sp³-hybridized carbons (Fsp3) is 0.208. The van der Waals surface area contributed by atoms with Crippen LogP contribution in [0.15, 0.2) is 76.5 Å². The SMILES string of the molecule is Cc1occc1-c1nnc(SCC(=O)NCCc2ccc(Cl)cc2)n1Cc1ccccc1. The predicted octanol–water partition coefficient (Wildman–Crippen LogP) is 5.00. The van der Waals surface area contributed by atoms with Gasteiger partial charge < -0.3 is 9.73 Å². The Kier molecular flexibility index (Phi) is 7.29. The molecule has 0 spiro atoms. The van der Waals surface area contributed by atoms with Gasteiger partial charge in [0.25, 0.3) is 0 Å². The van der Waals surface area contributed by atoms with Crippen molar-refractivity contribution >= 4 is 29.3 Å². The summed E-state index contributed by atoms with van der Waals surface area (Å²) < 4.78 is 7.49. The van der Waals surface area contributed by atoms with Crippen molar-refractivity contribution in [3.05, 3.63) is 88.8 Å². The van der Waals surface area contributed by atoms with E-state index in [9.17, 15) is 4.79 Å². The second kappa shape index (κ2) is 10.5. The van der Waals surface area contributed by atoms with Gasteiger partial charge in [-0.25, -0.2) is 0 Å². The Bertz CT molecular complexity index is 1170. The third-order valence-corrected chi connectivity index (χ3v) is 6.20. The molecule has 1 amide bonds. The summed E-state index contributed by atoms with van der Waals surface area (Å²) in [6.45, 7) is 3.07. The van der Waals surface area contributed by atoms with Crippen LogP contribution in [0.25, 0.3) is 11.4 Å². The van der Waals surface area contributed by atoms with Crippen LogP contribution in [0.3, 0.4) is 0 Å². The molecule has 0 aliphatic rings. The maximum Gasteiger partial charge on any atom is 0.230 e. The van der Waals surface area contributed by atoms with Crippen molar-refractivity contribution in [2.75, 3.05) is 12.3 Å². The molecule has 2 aromatic heterocycles. The Morgan fingerprint density at radius 1 is 1.06 bits per heavy atom. The maximum atomic E-state index is 12.4. The molecule has 0 aliphatic carbocycles. The van der Waals surface area contributed by atoms with E-state index in [0.717, 1.165) is 34.7 Å². The topological polar surface area (TPSA) is 72.9 Å². The molecule has 0 saturated carbocycles. The molecule has 4 rings (SSSR count). The van der Waals surface area contributed by atoms with Crippen molar-refractivity contribution in [2.24, 2.45) is 0 Å². The van der Waals surface area contributed by atoms with Crippen molar-refractivity contribution < 1.29 is 9.21 Å². The van der Waals surface area contributed by atoms with Gasteiger partial charge in [-0.05, 0) is 42.7 Å². The number of hydrogen-bond acceptors (Lipinski definition) is 5. The summed E-state index contributed by atoms with van der Waals surface area (Å²) in [6.07, 6.45) is 2.40. The fourth-order valence-electron chi connectivity index (χ4n) is 3.30. The predicted molar refractivity (Wildman–Crippen MR) is 127 cm³/mol. The number of nitrogens with one attached hydrogen (secondary N) is 1. The largest absolute Gasteiger partial charge is 0.469 e. The fourth-order valence-corrected chi connectivity index (χ4v) is 4.19. The summed E-state index contributed by atoms with van der Waals surface area (Å²) in [5, 5.41) is 13.1. The molecule has 0 aliphatic heterocycles. The van der Waals surface area contributed by atoms with Gasteiger partial charge in [0, 0.05) is 11.6 Å². The van der Waals surface area contributed by atoms with Gasteiger partial charge in [0.2, 0.25) is 5.91 Å². The first-order valence-electron chi connectivity index (χ1n) is 10.3. The molecule has 164 valence electrons. The van der Waals surface area contributed by atoms with Crippen LogP contribution in [0.2, 0.25) is 5.02 Å². The molecule has 0 radical (unpaired) electrons. The highest BCUT2D eigenvalue weighted by Crippen LogP contribution is 2.28. The lowest BCUT2D eigenvalue weighted by molar-refractivity contribution is -0.118. The van der Waals surface area contributed by atoms with E-state index in [1.54, 1.807) is 6.26 Å². The van der Waals surface area contributed by atoms with Gasteiger partial charge in [0.15, 0.2) is 11.0 Å². The average molecular weight is 467 g/mol. The van der Waals surface area contributed by atoms with Crippen molar-refractivity contribution in [3.63, 3.8) is 0 Å². The van der Waals surface area contributed by atoms with E-state index < -0.39 is 0 Å². The van der Waals surface area contributed by atoms with Crippen molar-refractivity contribution in [1.29, 1.82) is 0 Å². The van der Waals surface area contributed by atoms with Crippen LogP contribution in [-0.2, 0) is 17.8 Å². The summed E-state index contributed by atoms with van der Waals surface area (Å²) in [7, 11) is 0. The highest BCUT2D eigenvalue weighted by molar-refractivity contribution is 7.99. The molecule has 32 heavy (non-hydrogen) atoms. The molecule has 1 N–H and O–H groups in total. The highest BCUT2D eigenvalue weighted by Gasteiger charge is 2.18. The number of amides is 1. The Balaban J connectivity index is 1.41. The first-order chi connectivity index (χ1) is 15.6. The van der Waals surface area contributed by atoms with E-state index in [4.69, 9.17) is 16.0 Å². The van der Waals surface area contributed by atoms with Crippen LogP contribution >= 0.6 is 23.4 Å². The third-order valence-electron chi connectivity index (χ3n) is 4.98. The zero-order valence-corrected chi connectivity index (χ0v) is 19.2. The number of furan rings is 1. The first kappa shape index (κ1) is 22.2. The number of aryl methyl sites for hydroxylation is 1. The number of hydrogen-bond donors (Lipinski definition) is 1. The van der Waals surface area contributed by atoms with E-state index in [2.05, 4.69) is 27.6 Å². The van der Waals surface area contributed by atoms with Gasteiger partial charge in [-0.1, -0.05) is 65.8 Å². The number of halogens is 1. The molecule has 2 heterocycles. The number of aromatic nitrogens is 3. The highest BCUT2D eigenvalue weighted by atomic mass is 35.5.